The first-order valence-electron chi connectivity index (χ1n) is 6.52. The molecule has 0 fully saturated rings. The molecule has 1 aromatic rings. The van der Waals surface area contributed by atoms with Gasteiger partial charge in [0, 0.05) is 25.6 Å². The van der Waals surface area contributed by atoms with Crippen LogP contribution in [0.2, 0.25) is 0 Å². The van der Waals surface area contributed by atoms with Crippen LogP contribution in [0.4, 0.5) is 11.6 Å². The maximum atomic E-state index is 10.8. The predicted molar refractivity (Wildman–Crippen MR) is 77.5 cm³/mol. The zero-order valence-electron chi connectivity index (χ0n) is 11.9. The van der Waals surface area contributed by atoms with Gasteiger partial charge in [0.05, 0.1) is 0 Å². The monoisotopic (exact) mass is 265 g/mol. The number of ketones is 1. The minimum atomic E-state index is 0.170. The van der Waals surface area contributed by atoms with Crippen molar-refractivity contribution in [1.29, 1.82) is 0 Å². The summed E-state index contributed by atoms with van der Waals surface area (Å²) in [6.07, 6.45) is 3.09. The third kappa shape index (κ3) is 7.35. The number of hydrogen-bond acceptors (Lipinski definition) is 6. The van der Waals surface area contributed by atoms with Crippen molar-refractivity contribution in [3.05, 3.63) is 12.4 Å². The molecule has 106 valence electrons. The Morgan fingerprint density at radius 3 is 2.42 bits per heavy atom. The van der Waals surface area contributed by atoms with Gasteiger partial charge >= 0.3 is 0 Å². The number of nitrogens with one attached hydrogen (secondary N) is 2. The number of carbonyl (C=O) groups excluding carboxylic acids is 1. The van der Waals surface area contributed by atoms with E-state index in [1.54, 1.807) is 6.92 Å². The number of carbonyl (C=O) groups is 1. The maximum Gasteiger partial charge on any atom is 0.131 e. The van der Waals surface area contributed by atoms with Crippen LogP contribution in [-0.2, 0) is 4.79 Å². The average Bonchev–Trinajstić information content (AvgIpc) is 2.34. The Bertz CT molecular complexity index is 394. The molecule has 0 saturated heterocycles. The highest BCUT2D eigenvalue weighted by Gasteiger charge is 1.99. The summed E-state index contributed by atoms with van der Waals surface area (Å²) in [6.45, 7) is 4.11. The quantitative estimate of drug-likeness (QED) is 0.654. The van der Waals surface area contributed by atoms with E-state index < -0.39 is 0 Å². The first-order valence-corrected chi connectivity index (χ1v) is 6.52. The van der Waals surface area contributed by atoms with Gasteiger partial charge in [-0.2, -0.15) is 0 Å². The van der Waals surface area contributed by atoms with Gasteiger partial charge in [0.25, 0.3) is 0 Å². The number of nitrogens with zero attached hydrogens (tertiary/aromatic N) is 3. The van der Waals surface area contributed by atoms with Crippen molar-refractivity contribution in [3.8, 4) is 0 Å². The van der Waals surface area contributed by atoms with Crippen LogP contribution in [0.15, 0.2) is 12.4 Å². The lowest BCUT2D eigenvalue weighted by atomic mass is 10.3. The van der Waals surface area contributed by atoms with Gasteiger partial charge < -0.3 is 15.5 Å². The highest BCUT2D eigenvalue weighted by Crippen LogP contribution is 2.08. The SMILES string of the molecule is CC(=O)CCNc1cc(NCCCN(C)C)ncn1. The maximum absolute atomic E-state index is 10.8. The Morgan fingerprint density at radius 1 is 1.21 bits per heavy atom. The lowest BCUT2D eigenvalue weighted by molar-refractivity contribution is -0.116. The van der Waals surface area contributed by atoms with Crippen LogP contribution < -0.4 is 10.6 Å². The first-order chi connectivity index (χ1) is 9.08. The first kappa shape index (κ1) is 15.4. The molecule has 1 heterocycles. The molecular weight excluding hydrogens is 242 g/mol. The van der Waals surface area contributed by atoms with E-state index in [1.165, 1.54) is 6.33 Å². The normalized spacial score (nSPS) is 10.5. The second-order valence-electron chi connectivity index (χ2n) is 4.75. The second kappa shape index (κ2) is 8.42. The molecule has 0 aliphatic heterocycles. The molecule has 0 amide bonds. The molecule has 0 saturated carbocycles. The summed E-state index contributed by atoms with van der Waals surface area (Å²) in [5.41, 5.74) is 0. The van der Waals surface area contributed by atoms with Crippen molar-refractivity contribution in [2.75, 3.05) is 44.4 Å². The van der Waals surface area contributed by atoms with Crippen molar-refractivity contribution in [2.45, 2.75) is 19.8 Å². The van der Waals surface area contributed by atoms with Gasteiger partial charge in [0.2, 0.25) is 0 Å². The second-order valence-corrected chi connectivity index (χ2v) is 4.75. The number of Topliss-reactive ketones (excluding diaryl/α,β-unsaturated/α-hetero) is 1. The van der Waals surface area contributed by atoms with E-state index in [2.05, 4.69) is 39.6 Å². The molecule has 19 heavy (non-hydrogen) atoms. The summed E-state index contributed by atoms with van der Waals surface area (Å²) in [4.78, 5) is 21.3. The lowest BCUT2D eigenvalue weighted by Crippen LogP contribution is -2.16. The molecule has 2 N–H and O–H groups in total. The summed E-state index contributed by atoms with van der Waals surface area (Å²) in [5, 5.41) is 6.36. The van der Waals surface area contributed by atoms with Crippen LogP contribution in [0.1, 0.15) is 19.8 Å². The Hall–Kier alpha value is -1.69. The summed E-state index contributed by atoms with van der Waals surface area (Å²) in [6, 6.07) is 1.86. The van der Waals surface area contributed by atoms with Crippen molar-refractivity contribution < 1.29 is 4.79 Å². The molecule has 0 atom stereocenters. The molecule has 0 unspecified atom stereocenters. The Balaban J connectivity index is 2.32. The minimum Gasteiger partial charge on any atom is -0.370 e. The van der Waals surface area contributed by atoms with Crippen LogP contribution in [0.3, 0.4) is 0 Å². The average molecular weight is 265 g/mol. The van der Waals surface area contributed by atoms with E-state index >= 15 is 0 Å². The number of aromatic nitrogens is 2. The third-order valence-corrected chi connectivity index (χ3v) is 2.54. The fourth-order valence-electron chi connectivity index (χ4n) is 1.53. The standard InChI is InChI=1S/C13H23N5O/c1-11(19)5-7-15-13-9-12(16-10-17-13)14-6-4-8-18(2)3/h9-10H,4-8H2,1-3H3,(H2,14,15,16,17). The lowest BCUT2D eigenvalue weighted by Gasteiger charge is -2.10. The highest BCUT2D eigenvalue weighted by atomic mass is 16.1. The van der Waals surface area contributed by atoms with Gasteiger partial charge in [-0.05, 0) is 34.0 Å². The van der Waals surface area contributed by atoms with Crippen LogP contribution in [0.5, 0.6) is 0 Å². The third-order valence-electron chi connectivity index (χ3n) is 2.54. The molecule has 0 spiro atoms. The molecule has 6 nitrogen and oxygen atoms in total. The zero-order valence-corrected chi connectivity index (χ0v) is 11.9. The van der Waals surface area contributed by atoms with Gasteiger partial charge in [-0.25, -0.2) is 9.97 Å². The zero-order chi connectivity index (χ0) is 14.1. The van der Waals surface area contributed by atoms with E-state index in [1.807, 2.05) is 6.07 Å². The summed E-state index contributed by atoms with van der Waals surface area (Å²) >= 11 is 0. The largest absolute Gasteiger partial charge is 0.370 e. The van der Waals surface area contributed by atoms with Crippen LogP contribution >= 0.6 is 0 Å². The van der Waals surface area contributed by atoms with Crippen molar-refractivity contribution in [3.63, 3.8) is 0 Å². The summed E-state index contributed by atoms with van der Waals surface area (Å²) < 4.78 is 0. The summed E-state index contributed by atoms with van der Waals surface area (Å²) in [7, 11) is 4.11. The van der Waals surface area contributed by atoms with Crippen molar-refractivity contribution in [2.24, 2.45) is 0 Å². The molecule has 6 heteroatoms. The molecule has 0 aromatic carbocycles. The molecule has 0 aliphatic carbocycles. The van der Waals surface area contributed by atoms with E-state index in [4.69, 9.17) is 0 Å². The Morgan fingerprint density at radius 2 is 1.84 bits per heavy atom. The van der Waals surface area contributed by atoms with E-state index in [9.17, 15) is 4.79 Å². The van der Waals surface area contributed by atoms with E-state index in [0.29, 0.717) is 13.0 Å². The van der Waals surface area contributed by atoms with Crippen molar-refractivity contribution >= 4 is 17.4 Å². The van der Waals surface area contributed by atoms with Gasteiger partial charge in [-0.15, -0.1) is 0 Å². The van der Waals surface area contributed by atoms with Gasteiger partial charge in [0.15, 0.2) is 0 Å². The van der Waals surface area contributed by atoms with E-state index in [0.717, 1.165) is 31.1 Å². The van der Waals surface area contributed by atoms with E-state index in [-0.39, 0.29) is 5.78 Å². The van der Waals surface area contributed by atoms with Crippen molar-refractivity contribution in [1.82, 2.24) is 14.9 Å². The fraction of sp³-hybridized carbons (Fsp3) is 0.615. The van der Waals surface area contributed by atoms with Gasteiger partial charge in [0.1, 0.15) is 23.7 Å². The van der Waals surface area contributed by atoms with Crippen LogP contribution in [-0.4, -0.2) is 54.4 Å². The fourth-order valence-corrected chi connectivity index (χ4v) is 1.53. The predicted octanol–water partition coefficient (Wildman–Crippen LogP) is 1.23. The summed E-state index contributed by atoms with van der Waals surface area (Å²) in [5.74, 6) is 1.72. The minimum absolute atomic E-state index is 0.170. The topological polar surface area (TPSA) is 70.2 Å². The number of anilines is 2. The molecular formula is C13H23N5O. The van der Waals surface area contributed by atoms with Crippen LogP contribution in [0, 0.1) is 0 Å². The van der Waals surface area contributed by atoms with Crippen LogP contribution in [0.25, 0.3) is 0 Å². The molecule has 1 aromatic heterocycles. The number of hydrogen-bond donors (Lipinski definition) is 2. The Kier molecular flexibility index (Phi) is 6.81. The highest BCUT2D eigenvalue weighted by molar-refractivity contribution is 5.75. The number of rotatable bonds is 9. The molecule has 0 aliphatic rings. The van der Waals surface area contributed by atoms with Gasteiger partial charge in [-0.3, -0.25) is 4.79 Å². The molecule has 1 rings (SSSR count). The molecule has 0 radical (unpaired) electrons. The smallest absolute Gasteiger partial charge is 0.131 e. The van der Waals surface area contributed by atoms with Gasteiger partial charge in [-0.1, -0.05) is 0 Å². The molecule has 0 bridgehead atoms. The Labute approximate surface area is 114 Å².